The molecule has 2 aromatic rings. The number of anilines is 2. The zero-order valence-electron chi connectivity index (χ0n) is 17.9. The third kappa shape index (κ3) is 5.62. The molecule has 164 valence electrons. The van der Waals surface area contributed by atoms with Gasteiger partial charge in [0.05, 0.1) is 6.54 Å². The molecule has 1 atom stereocenters. The second-order valence-electron chi connectivity index (χ2n) is 8.40. The van der Waals surface area contributed by atoms with E-state index in [9.17, 15) is 9.59 Å². The predicted molar refractivity (Wildman–Crippen MR) is 123 cm³/mol. The van der Waals surface area contributed by atoms with Gasteiger partial charge in [0.1, 0.15) is 6.04 Å². The fourth-order valence-corrected chi connectivity index (χ4v) is 4.44. The van der Waals surface area contributed by atoms with Crippen LogP contribution in [0.5, 0.6) is 0 Å². The predicted octanol–water partition coefficient (Wildman–Crippen LogP) is 1.90. The zero-order valence-corrected chi connectivity index (χ0v) is 17.9. The van der Waals surface area contributed by atoms with E-state index in [0.717, 1.165) is 31.9 Å². The van der Waals surface area contributed by atoms with E-state index >= 15 is 0 Å². The lowest BCUT2D eigenvalue weighted by molar-refractivity contribution is -0.127. The third-order valence-corrected chi connectivity index (χ3v) is 6.12. The molecule has 2 saturated heterocycles. The van der Waals surface area contributed by atoms with Gasteiger partial charge < -0.3 is 16.0 Å². The lowest BCUT2D eigenvalue weighted by Crippen LogP contribution is -2.59. The zero-order chi connectivity index (χ0) is 21.6. The summed E-state index contributed by atoms with van der Waals surface area (Å²) in [6.07, 6.45) is 2.47. The smallest absolute Gasteiger partial charge is 0.238 e. The SMILES string of the molecule is NC(=O)C1CN(Cc2ccccc2)CCN1CC(=O)Nc1ccc(N2CCCC2)cc1. The van der Waals surface area contributed by atoms with Gasteiger partial charge in [-0.25, -0.2) is 0 Å². The second kappa shape index (κ2) is 9.94. The minimum atomic E-state index is -0.472. The molecule has 3 N–H and O–H groups in total. The van der Waals surface area contributed by atoms with Crippen LogP contribution in [0.4, 0.5) is 11.4 Å². The van der Waals surface area contributed by atoms with Crippen LogP contribution in [0.25, 0.3) is 0 Å². The van der Waals surface area contributed by atoms with E-state index in [1.54, 1.807) is 0 Å². The van der Waals surface area contributed by atoms with Gasteiger partial charge in [0.2, 0.25) is 11.8 Å². The van der Waals surface area contributed by atoms with Crippen LogP contribution in [0, 0.1) is 0 Å². The van der Waals surface area contributed by atoms with Gasteiger partial charge in [-0.3, -0.25) is 19.4 Å². The topological polar surface area (TPSA) is 81.9 Å². The molecular weight excluding hydrogens is 390 g/mol. The van der Waals surface area contributed by atoms with Crippen molar-refractivity contribution in [3.8, 4) is 0 Å². The number of amides is 2. The maximum absolute atomic E-state index is 12.6. The van der Waals surface area contributed by atoms with Crippen molar-refractivity contribution in [3.63, 3.8) is 0 Å². The van der Waals surface area contributed by atoms with E-state index in [1.807, 2.05) is 35.2 Å². The summed E-state index contributed by atoms with van der Waals surface area (Å²) >= 11 is 0. The summed E-state index contributed by atoms with van der Waals surface area (Å²) in [7, 11) is 0. The molecule has 0 spiro atoms. The molecule has 7 heteroatoms. The van der Waals surface area contributed by atoms with Crippen molar-refractivity contribution in [1.29, 1.82) is 0 Å². The Morgan fingerprint density at radius 2 is 1.65 bits per heavy atom. The van der Waals surface area contributed by atoms with Crippen LogP contribution in [-0.2, 0) is 16.1 Å². The van der Waals surface area contributed by atoms with Crippen molar-refractivity contribution in [2.24, 2.45) is 5.73 Å². The maximum atomic E-state index is 12.6. The minimum absolute atomic E-state index is 0.128. The van der Waals surface area contributed by atoms with Crippen LogP contribution in [-0.4, -0.2) is 66.9 Å². The van der Waals surface area contributed by atoms with Crippen LogP contribution in [0.2, 0.25) is 0 Å². The summed E-state index contributed by atoms with van der Waals surface area (Å²) in [5.74, 6) is -0.516. The summed E-state index contributed by atoms with van der Waals surface area (Å²) in [5.41, 5.74) is 8.84. The molecular formula is C24H31N5O2. The van der Waals surface area contributed by atoms with Gasteiger partial charge in [-0.15, -0.1) is 0 Å². The average Bonchev–Trinajstić information content (AvgIpc) is 3.31. The molecule has 7 nitrogen and oxygen atoms in total. The molecule has 2 aromatic carbocycles. The molecule has 1 unspecified atom stereocenters. The van der Waals surface area contributed by atoms with E-state index in [2.05, 4.69) is 39.4 Å². The minimum Gasteiger partial charge on any atom is -0.372 e. The monoisotopic (exact) mass is 421 g/mol. The number of piperazine rings is 1. The lowest BCUT2D eigenvalue weighted by atomic mass is 10.1. The Morgan fingerprint density at radius 1 is 0.935 bits per heavy atom. The van der Waals surface area contributed by atoms with E-state index in [1.165, 1.54) is 24.1 Å². The fraction of sp³-hybridized carbons (Fsp3) is 0.417. The summed E-state index contributed by atoms with van der Waals surface area (Å²) < 4.78 is 0. The van der Waals surface area contributed by atoms with Crippen LogP contribution in [0.1, 0.15) is 18.4 Å². The van der Waals surface area contributed by atoms with Crippen LogP contribution < -0.4 is 16.0 Å². The Balaban J connectivity index is 1.31. The largest absolute Gasteiger partial charge is 0.372 e. The molecule has 0 aromatic heterocycles. The molecule has 4 rings (SSSR count). The first kappa shape index (κ1) is 21.3. The highest BCUT2D eigenvalue weighted by Gasteiger charge is 2.32. The molecule has 31 heavy (non-hydrogen) atoms. The maximum Gasteiger partial charge on any atom is 0.238 e. The van der Waals surface area contributed by atoms with Gasteiger partial charge in [0, 0.05) is 50.6 Å². The number of nitrogens with one attached hydrogen (secondary N) is 1. The molecule has 2 heterocycles. The first-order valence-corrected chi connectivity index (χ1v) is 11.0. The first-order valence-electron chi connectivity index (χ1n) is 11.0. The average molecular weight is 422 g/mol. The quantitative estimate of drug-likeness (QED) is 0.714. The number of benzene rings is 2. The molecule has 2 amide bonds. The highest BCUT2D eigenvalue weighted by Crippen LogP contribution is 2.22. The summed E-state index contributed by atoms with van der Waals surface area (Å²) in [6, 6.07) is 17.7. The number of nitrogens with two attached hydrogens (primary N) is 1. The Kier molecular flexibility index (Phi) is 6.84. The highest BCUT2D eigenvalue weighted by molar-refractivity contribution is 5.93. The highest BCUT2D eigenvalue weighted by atomic mass is 16.2. The van der Waals surface area contributed by atoms with E-state index in [0.29, 0.717) is 13.1 Å². The van der Waals surface area contributed by atoms with Crippen LogP contribution >= 0.6 is 0 Å². The summed E-state index contributed by atoms with van der Waals surface area (Å²) in [4.78, 5) is 31.2. The Hall–Kier alpha value is -2.90. The fourth-order valence-electron chi connectivity index (χ4n) is 4.44. The van der Waals surface area contributed by atoms with Gasteiger partial charge in [-0.05, 0) is 42.7 Å². The molecule has 2 aliphatic rings. The van der Waals surface area contributed by atoms with Crippen molar-refractivity contribution in [3.05, 3.63) is 60.2 Å². The number of hydrogen-bond acceptors (Lipinski definition) is 5. The Bertz CT molecular complexity index is 881. The van der Waals surface area contributed by atoms with Crippen molar-refractivity contribution < 1.29 is 9.59 Å². The van der Waals surface area contributed by atoms with Gasteiger partial charge in [0.15, 0.2) is 0 Å². The van der Waals surface area contributed by atoms with Gasteiger partial charge in [0.25, 0.3) is 0 Å². The van der Waals surface area contributed by atoms with Gasteiger partial charge in [-0.2, -0.15) is 0 Å². The number of primary amides is 1. The molecule has 0 saturated carbocycles. The summed E-state index contributed by atoms with van der Waals surface area (Å²) in [6.45, 7) is 5.06. The third-order valence-electron chi connectivity index (χ3n) is 6.12. The number of hydrogen-bond donors (Lipinski definition) is 2. The number of carbonyl (C=O) groups is 2. The molecule has 0 aliphatic carbocycles. The van der Waals surface area contributed by atoms with Gasteiger partial charge in [-0.1, -0.05) is 30.3 Å². The van der Waals surface area contributed by atoms with Crippen molar-refractivity contribution in [1.82, 2.24) is 9.80 Å². The van der Waals surface area contributed by atoms with Crippen molar-refractivity contribution >= 4 is 23.2 Å². The number of carbonyl (C=O) groups excluding carboxylic acids is 2. The second-order valence-corrected chi connectivity index (χ2v) is 8.40. The summed E-state index contributed by atoms with van der Waals surface area (Å²) in [5, 5.41) is 2.95. The molecule has 2 aliphatic heterocycles. The van der Waals surface area contributed by atoms with E-state index < -0.39 is 6.04 Å². The standard InChI is InChI=1S/C24H31N5O2/c25-24(31)22-17-27(16-19-6-2-1-3-7-19)14-15-29(22)18-23(30)26-20-8-10-21(11-9-20)28-12-4-5-13-28/h1-3,6-11,22H,4-5,12-18H2,(H2,25,31)(H,26,30). The normalized spacial score (nSPS) is 20.0. The van der Waals surface area contributed by atoms with Crippen LogP contribution in [0.15, 0.2) is 54.6 Å². The van der Waals surface area contributed by atoms with Crippen molar-refractivity contribution in [2.45, 2.75) is 25.4 Å². The van der Waals surface area contributed by atoms with Crippen molar-refractivity contribution in [2.75, 3.05) is 49.5 Å². The number of rotatable bonds is 7. The Labute approximate surface area is 183 Å². The van der Waals surface area contributed by atoms with Crippen LogP contribution in [0.3, 0.4) is 0 Å². The Morgan fingerprint density at radius 3 is 2.32 bits per heavy atom. The first-order chi connectivity index (χ1) is 15.1. The van der Waals surface area contributed by atoms with Gasteiger partial charge >= 0.3 is 0 Å². The molecule has 0 bridgehead atoms. The van der Waals surface area contributed by atoms with E-state index in [-0.39, 0.29) is 18.4 Å². The number of nitrogens with zero attached hydrogens (tertiary/aromatic N) is 3. The lowest BCUT2D eigenvalue weighted by Gasteiger charge is -2.39. The molecule has 2 fully saturated rings. The molecule has 0 radical (unpaired) electrons. The van der Waals surface area contributed by atoms with E-state index in [4.69, 9.17) is 5.73 Å².